The number of aliphatic hydroxyl groups excluding tert-OH is 1. The molecule has 110 valence electrons. The van der Waals surface area contributed by atoms with Crippen molar-refractivity contribution < 1.29 is 9.90 Å². The summed E-state index contributed by atoms with van der Waals surface area (Å²) in [4.78, 5) is 12.1. The normalized spacial score (nSPS) is 22.6. The largest absolute Gasteiger partial charge is 0.397 e. The van der Waals surface area contributed by atoms with Gasteiger partial charge in [0.25, 0.3) is 5.91 Å². The summed E-state index contributed by atoms with van der Waals surface area (Å²) in [6.45, 7) is 0.458. The quantitative estimate of drug-likeness (QED) is 0.750. The lowest BCUT2D eigenvalue weighted by atomic mass is 9.86. The van der Waals surface area contributed by atoms with Crippen LogP contribution >= 0.6 is 23.2 Å². The molecule has 1 aromatic carbocycles. The number of hydrogen-bond acceptors (Lipinski definition) is 3. The van der Waals surface area contributed by atoms with Gasteiger partial charge in [-0.25, -0.2) is 0 Å². The van der Waals surface area contributed by atoms with Crippen LogP contribution in [0.4, 0.5) is 5.69 Å². The van der Waals surface area contributed by atoms with Crippen LogP contribution in [0.25, 0.3) is 0 Å². The van der Waals surface area contributed by atoms with E-state index in [1.807, 2.05) is 0 Å². The smallest absolute Gasteiger partial charge is 0.251 e. The maximum absolute atomic E-state index is 12.1. The highest BCUT2D eigenvalue weighted by molar-refractivity contribution is 6.43. The molecular weight excluding hydrogens is 299 g/mol. The van der Waals surface area contributed by atoms with E-state index in [9.17, 15) is 9.90 Å². The molecule has 20 heavy (non-hydrogen) atoms. The molecule has 4 N–H and O–H groups in total. The van der Waals surface area contributed by atoms with Gasteiger partial charge in [0.1, 0.15) is 0 Å². The van der Waals surface area contributed by atoms with E-state index in [1.165, 1.54) is 12.1 Å². The Kier molecular flexibility index (Phi) is 5.13. The number of halogens is 2. The third kappa shape index (κ3) is 3.57. The minimum atomic E-state index is -0.331. The van der Waals surface area contributed by atoms with Crippen molar-refractivity contribution in [3.05, 3.63) is 27.7 Å². The number of anilines is 1. The molecule has 0 spiro atoms. The molecule has 0 aliphatic heterocycles. The Bertz CT molecular complexity index is 485. The number of nitrogens with two attached hydrogens (primary N) is 1. The van der Waals surface area contributed by atoms with Crippen LogP contribution in [-0.4, -0.2) is 23.7 Å². The molecule has 2 rings (SSSR count). The van der Waals surface area contributed by atoms with Crippen LogP contribution in [0.1, 0.15) is 36.0 Å². The molecule has 1 fully saturated rings. The van der Waals surface area contributed by atoms with Crippen molar-refractivity contribution in [3.63, 3.8) is 0 Å². The van der Waals surface area contributed by atoms with Crippen molar-refractivity contribution >= 4 is 34.8 Å². The Balaban J connectivity index is 1.98. The van der Waals surface area contributed by atoms with Crippen molar-refractivity contribution in [3.8, 4) is 0 Å². The van der Waals surface area contributed by atoms with Gasteiger partial charge in [0.05, 0.1) is 21.8 Å². The van der Waals surface area contributed by atoms with Gasteiger partial charge in [0.2, 0.25) is 0 Å². The topological polar surface area (TPSA) is 75.4 Å². The number of hydrogen-bond donors (Lipinski definition) is 3. The fourth-order valence-electron chi connectivity index (χ4n) is 2.49. The zero-order chi connectivity index (χ0) is 14.7. The molecule has 0 heterocycles. The van der Waals surface area contributed by atoms with Crippen molar-refractivity contribution in [2.75, 3.05) is 12.3 Å². The summed E-state index contributed by atoms with van der Waals surface area (Å²) in [5, 5.41) is 13.2. The van der Waals surface area contributed by atoms with Crippen LogP contribution in [0, 0.1) is 5.92 Å². The highest BCUT2D eigenvalue weighted by Gasteiger charge is 2.23. The molecule has 1 aromatic rings. The van der Waals surface area contributed by atoms with Crippen LogP contribution in [0.15, 0.2) is 12.1 Å². The number of aliphatic hydroxyl groups is 1. The maximum Gasteiger partial charge on any atom is 0.251 e. The molecule has 2 atom stereocenters. The number of rotatable bonds is 3. The molecule has 6 heteroatoms. The number of nitrogen functional groups attached to an aromatic ring is 1. The van der Waals surface area contributed by atoms with Gasteiger partial charge in [0, 0.05) is 18.0 Å². The summed E-state index contributed by atoms with van der Waals surface area (Å²) < 4.78 is 0. The fraction of sp³-hybridized carbons (Fsp3) is 0.500. The predicted octanol–water partition coefficient (Wildman–Crippen LogP) is 2.86. The van der Waals surface area contributed by atoms with E-state index in [4.69, 9.17) is 28.9 Å². The Morgan fingerprint density at radius 2 is 2.05 bits per heavy atom. The molecule has 1 amide bonds. The molecule has 1 aliphatic carbocycles. The monoisotopic (exact) mass is 316 g/mol. The number of amides is 1. The van der Waals surface area contributed by atoms with Gasteiger partial charge in [-0.05, 0) is 25.0 Å². The summed E-state index contributed by atoms with van der Waals surface area (Å²) >= 11 is 11.8. The third-order valence-corrected chi connectivity index (χ3v) is 4.53. The first kappa shape index (κ1) is 15.4. The summed E-state index contributed by atoms with van der Waals surface area (Å²) in [6, 6.07) is 2.99. The highest BCUT2D eigenvalue weighted by Crippen LogP contribution is 2.29. The second-order valence-corrected chi connectivity index (χ2v) is 5.97. The molecule has 0 aromatic heterocycles. The Labute approximate surface area is 128 Å². The Morgan fingerprint density at radius 3 is 2.70 bits per heavy atom. The van der Waals surface area contributed by atoms with Crippen LogP contribution < -0.4 is 11.1 Å². The molecule has 0 radical (unpaired) electrons. The van der Waals surface area contributed by atoms with Crippen LogP contribution in [0.2, 0.25) is 10.0 Å². The van der Waals surface area contributed by atoms with E-state index in [2.05, 4.69) is 5.32 Å². The predicted molar refractivity (Wildman–Crippen MR) is 81.2 cm³/mol. The SMILES string of the molecule is Nc1cc(C(=O)NCC2CCCCC2O)cc(Cl)c1Cl. The summed E-state index contributed by atoms with van der Waals surface area (Å²) in [5.74, 6) is -0.138. The lowest BCUT2D eigenvalue weighted by molar-refractivity contribution is 0.0663. The van der Waals surface area contributed by atoms with E-state index in [1.54, 1.807) is 0 Å². The van der Waals surface area contributed by atoms with Gasteiger partial charge in [-0.15, -0.1) is 0 Å². The third-order valence-electron chi connectivity index (χ3n) is 3.71. The first-order valence-electron chi connectivity index (χ1n) is 6.70. The van der Waals surface area contributed by atoms with E-state index >= 15 is 0 Å². The van der Waals surface area contributed by atoms with Crippen LogP contribution in [0.3, 0.4) is 0 Å². The minimum absolute atomic E-state index is 0.118. The molecule has 0 bridgehead atoms. The first-order valence-corrected chi connectivity index (χ1v) is 7.45. The lowest BCUT2D eigenvalue weighted by Gasteiger charge is -2.27. The van der Waals surface area contributed by atoms with E-state index < -0.39 is 0 Å². The second kappa shape index (κ2) is 6.66. The van der Waals surface area contributed by atoms with E-state index in [0.29, 0.717) is 12.1 Å². The zero-order valence-electron chi connectivity index (χ0n) is 11.0. The van der Waals surface area contributed by atoms with Crippen LogP contribution in [0.5, 0.6) is 0 Å². The molecule has 2 unspecified atom stereocenters. The Hall–Kier alpha value is -0.970. The number of benzene rings is 1. The molecule has 0 saturated heterocycles. The van der Waals surface area contributed by atoms with Gasteiger partial charge in [0.15, 0.2) is 0 Å². The lowest BCUT2D eigenvalue weighted by Crippen LogP contribution is -2.36. The van der Waals surface area contributed by atoms with Crippen molar-refractivity contribution in [1.82, 2.24) is 5.32 Å². The van der Waals surface area contributed by atoms with Gasteiger partial charge in [-0.3, -0.25) is 4.79 Å². The second-order valence-electron chi connectivity index (χ2n) is 5.18. The average Bonchev–Trinajstić information content (AvgIpc) is 2.43. The van der Waals surface area contributed by atoms with Gasteiger partial charge in [-0.1, -0.05) is 36.0 Å². The first-order chi connectivity index (χ1) is 9.49. The highest BCUT2D eigenvalue weighted by atomic mass is 35.5. The summed E-state index contributed by atoms with van der Waals surface area (Å²) in [6.07, 6.45) is 3.56. The van der Waals surface area contributed by atoms with Gasteiger partial charge in [-0.2, -0.15) is 0 Å². The summed E-state index contributed by atoms with van der Waals surface area (Å²) in [5.41, 5.74) is 6.34. The fourth-order valence-corrected chi connectivity index (χ4v) is 2.83. The zero-order valence-corrected chi connectivity index (χ0v) is 12.5. The van der Waals surface area contributed by atoms with Gasteiger partial charge >= 0.3 is 0 Å². The molecule has 1 aliphatic rings. The Morgan fingerprint density at radius 1 is 1.35 bits per heavy atom. The standard InChI is InChI=1S/C14H18Cl2N2O2/c15-10-5-9(6-11(17)13(10)16)14(20)18-7-8-3-1-2-4-12(8)19/h5-6,8,12,19H,1-4,7,17H2,(H,18,20). The summed E-state index contributed by atoms with van der Waals surface area (Å²) in [7, 11) is 0. The maximum atomic E-state index is 12.1. The van der Waals surface area contributed by atoms with Gasteiger partial charge < -0.3 is 16.2 Å². The average molecular weight is 317 g/mol. The molecule has 1 saturated carbocycles. The number of carbonyl (C=O) groups excluding carboxylic acids is 1. The number of nitrogens with one attached hydrogen (secondary N) is 1. The molecule has 4 nitrogen and oxygen atoms in total. The van der Waals surface area contributed by atoms with Crippen molar-refractivity contribution in [2.45, 2.75) is 31.8 Å². The minimum Gasteiger partial charge on any atom is -0.397 e. The van der Waals surface area contributed by atoms with Crippen LogP contribution in [-0.2, 0) is 0 Å². The van der Waals surface area contributed by atoms with E-state index in [0.717, 1.165) is 25.7 Å². The van der Waals surface area contributed by atoms with Crippen molar-refractivity contribution in [2.24, 2.45) is 5.92 Å². The number of carbonyl (C=O) groups is 1. The van der Waals surface area contributed by atoms with E-state index in [-0.39, 0.29) is 33.7 Å². The molecular formula is C14H18Cl2N2O2. The van der Waals surface area contributed by atoms with Crippen molar-refractivity contribution in [1.29, 1.82) is 0 Å².